The molecule has 0 aromatic heterocycles. The number of piperidine rings is 1. The van der Waals surface area contributed by atoms with Crippen LogP contribution in [-0.2, 0) is 11.6 Å². The van der Waals surface area contributed by atoms with Crippen LogP contribution in [0.4, 0.5) is 18.0 Å². The van der Waals surface area contributed by atoms with Crippen LogP contribution in [0.1, 0.15) is 49.7 Å². The molecular formula is C20H27F3N2O2. The number of hydrogen-bond acceptors (Lipinski definition) is 2. The van der Waals surface area contributed by atoms with Crippen LogP contribution in [0.25, 0.3) is 0 Å². The van der Waals surface area contributed by atoms with Crippen molar-refractivity contribution >= 4 is 6.03 Å². The summed E-state index contributed by atoms with van der Waals surface area (Å²) in [6.07, 6.45) is 0.838. The minimum Gasteiger partial charge on any atom is -0.396 e. The van der Waals surface area contributed by atoms with E-state index in [2.05, 4.69) is 5.32 Å². The van der Waals surface area contributed by atoms with Crippen LogP contribution < -0.4 is 5.32 Å². The highest BCUT2D eigenvalue weighted by Crippen LogP contribution is 2.42. The first-order chi connectivity index (χ1) is 12.8. The fraction of sp³-hybridized carbons (Fsp3) is 0.650. The van der Waals surface area contributed by atoms with Gasteiger partial charge >= 0.3 is 12.2 Å². The molecule has 1 aliphatic carbocycles. The minimum atomic E-state index is -4.37. The molecule has 2 aliphatic rings. The molecule has 0 bridgehead atoms. The first kappa shape index (κ1) is 20.0. The standard InChI is InChI=1S/C20H27F3N2O2/c21-20(22,23)17-7-3-6-16(11-17)19(8-1-2-9-19)14-24-18(27)25-10-4-5-15(12-25)13-26/h3,6-7,11,15,26H,1-2,4-5,8-10,12-14H2,(H,24,27)/t15-/m1/s1. The predicted molar refractivity (Wildman–Crippen MR) is 96.4 cm³/mol. The van der Waals surface area contributed by atoms with Gasteiger partial charge in [-0.3, -0.25) is 0 Å². The number of amides is 2. The molecule has 2 amide bonds. The van der Waals surface area contributed by atoms with Crippen molar-refractivity contribution in [1.29, 1.82) is 0 Å². The van der Waals surface area contributed by atoms with Gasteiger partial charge < -0.3 is 15.3 Å². The third-order valence-corrected chi connectivity index (χ3v) is 6.01. The molecule has 1 saturated heterocycles. The van der Waals surface area contributed by atoms with Crippen LogP contribution in [-0.4, -0.2) is 42.3 Å². The Kier molecular flexibility index (Phi) is 5.99. The Balaban J connectivity index is 1.71. The molecule has 3 rings (SSSR count). The molecule has 1 saturated carbocycles. The number of rotatable bonds is 4. The van der Waals surface area contributed by atoms with E-state index in [9.17, 15) is 23.1 Å². The second-order valence-electron chi connectivity index (χ2n) is 7.86. The van der Waals surface area contributed by atoms with E-state index in [-0.39, 0.29) is 18.6 Å². The van der Waals surface area contributed by atoms with E-state index in [1.54, 1.807) is 11.0 Å². The van der Waals surface area contributed by atoms with Crippen LogP contribution in [0.15, 0.2) is 24.3 Å². The number of urea groups is 1. The Morgan fingerprint density at radius 3 is 2.67 bits per heavy atom. The Bertz CT molecular complexity index is 657. The normalized spacial score (nSPS) is 22.7. The lowest BCUT2D eigenvalue weighted by atomic mass is 9.78. The number of halogens is 3. The van der Waals surface area contributed by atoms with Crippen LogP contribution in [0.5, 0.6) is 0 Å². The number of nitrogens with one attached hydrogen (secondary N) is 1. The number of nitrogens with zero attached hydrogens (tertiary/aromatic N) is 1. The highest BCUT2D eigenvalue weighted by molar-refractivity contribution is 5.74. The van der Waals surface area contributed by atoms with E-state index in [0.717, 1.165) is 44.6 Å². The second kappa shape index (κ2) is 8.09. The minimum absolute atomic E-state index is 0.0674. The summed E-state index contributed by atoms with van der Waals surface area (Å²) in [5.41, 5.74) is -0.426. The van der Waals surface area contributed by atoms with E-state index in [1.807, 2.05) is 0 Å². The van der Waals surface area contributed by atoms with Gasteiger partial charge in [-0.15, -0.1) is 0 Å². The lowest BCUT2D eigenvalue weighted by Crippen LogP contribution is -2.49. The molecule has 1 aliphatic heterocycles. The van der Waals surface area contributed by atoms with Crippen molar-refractivity contribution < 1.29 is 23.1 Å². The number of aliphatic hydroxyl groups excluding tert-OH is 1. The molecule has 2 fully saturated rings. The fourth-order valence-electron chi connectivity index (χ4n) is 4.40. The molecular weight excluding hydrogens is 357 g/mol. The molecule has 1 aromatic rings. The molecule has 1 aromatic carbocycles. The predicted octanol–water partition coefficient (Wildman–Crippen LogP) is 3.93. The number of hydrogen-bond donors (Lipinski definition) is 2. The number of alkyl halides is 3. The molecule has 7 heteroatoms. The maximum Gasteiger partial charge on any atom is 0.416 e. The van der Waals surface area contributed by atoms with E-state index < -0.39 is 17.2 Å². The van der Waals surface area contributed by atoms with Crippen LogP contribution >= 0.6 is 0 Å². The largest absolute Gasteiger partial charge is 0.416 e. The first-order valence-corrected chi connectivity index (χ1v) is 9.65. The molecule has 27 heavy (non-hydrogen) atoms. The smallest absolute Gasteiger partial charge is 0.396 e. The number of carbonyl (C=O) groups excluding carboxylic acids is 1. The Labute approximate surface area is 157 Å². The van der Waals surface area contributed by atoms with Crippen LogP contribution in [0.2, 0.25) is 0 Å². The fourth-order valence-corrected chi connectivity index (χ4v) is 4.40. The van der Waals surface area contributed by atoms with Crippen LogP contribution in [0, 0.1) is 5.92 Å². The third-order valence-electron chi connectivity index (χ3n) is 6.01. The van der Waals surface area contributed by atoms with E-state index in [4.69, 9.17) is 0 Å². The molecule has 0 radical (unpaired) electrons. The number of likely N-dealkylation sites (tertiary alicyclic amines) is 1. The maximum atomic E-state index is 13.1. The number of aliphatic hydroxyl groups is 1. The van der Waals surface area contributed by atoms with Gasteiger partial charge in [-0.1, -0.05) is 31.0 Å². The summed E-state index contributed by atoms with van der Waals surface area (Å²) in [5, 5.41) is 12.3. The summed E-state index contributed by atoms with van der Waals surface area (Å²) in [7, 11) is 0. The van der Waals surface area contributed by atoms with Crippen LogP contribution in [0.3, 0.4) is 0 Å². The number of carbonyl (C=O) groups is 1. The van der Waals surface area contributed by atoms with Crippen molar-refractivity contribution in [3.8, 4) is 0 Å². The van der Waals surface area contributed by atoms with E-state index in [0.29, 0.717) is 25.2 Å². The summed E-state index contributed by atoms with van der Waals surface area (Å²) >= 11 is 0. The zero-order valence-corrected chi connectivity index (χ0v) is 15.4. The average Bonchev–Trinajstić information content (AvgIpc) is 3.16. The number of benzene rings is 1. The van der Waals surface area contributed by atoms with Gasteiger partial charge in [0.05, 0.1) is 5.56 Å². The molecule has 2 N–H and O–H groups in total. The van der Waals surface area contributed by atoms with Gasteiger partial charge in [0.15, 0.2) is 0 Å². The molecule has 4 nitrogen and oxygen atoms in total. The Hall–Kier alpha value is -1.76. The van der Waals surface area contributed by atoms with E-state index >= 15 is 0 Å². The van der Waals surface area contributed by atoms with Gasteiger partial charge in [-0.25, -0.2) is 4.79 Å². The monoisotopic (exact) mass is 384 g/mol. The lowest BCUT2D eigenvalue weighted by molar-refractivity contribution is -0.137. The Morgan fingerprint density at radius 1 is 1.26 bits per heavy atom. The van der Waals surface area contributed by atoms with Gasteiger partial charge in [-0.05, 0) is 43.2 Å². The van der Waals surface area contributed by atoms with Gasteiger partial charge in [0.25, 0.3) is 0 Å². The summed E-state index contributed by atoms with van der Waals surface area (Å²) < 4.78 is 39.3. The zero-order valence-electron chi connectivity index (χ0n) is 15.4. The third kappa shape index (κ3) is 4.57. The molecule has 150 valence electrons. The van der Waals surface area contributed by atoms with Crippen molar-refractivity contribution in [3.63, 3.8) is 0 Å². The molecule has 1 heterocycles. The summed E-state index contributed by atoms with van der Waals surface area (Å²) in [6, 6.07) is 5.34. The van der Waals surface area contributed by atoms with Gasteiger partial charge in [-0.2, -0.15) is 13.2 Å². The zero-order chi connectivity index (χ0) is 19.5. The summed E-state index contributed by atoms with van der Waals surface area (Å²) in [4.78, 5) is 14.3. The molecule has 0 unspecified atom stereocenters. The second-order valence-corrected chi connectivity index (χ2v) is 7.86. The van der Waals surface area contributed by atoms with Gasteiger partial charge in [0, 0.05) is 31.7 Å². The quantitative estimate of drug-likeness (QED) is 0.826. The summed E-state index contributed by atoms with van der Waals surface area (Å²) in [5.74, 6) is 0.105. The SMILES string of the molecule is O=C(NCC1(c2cccc(C(F)(F)F)c2)CCCC1)N1CCC[C@@H](CO)C1. The Morgan fingerprint density at radius 2 is 2.00 bits per heavy atom. The highest BCUT2D eigenvalue weighted by atomic mass is 19.4. The van der Waals surface area contributed by atoms with Crippen molar-refractivity contribution in [2.45, 2.75) is 50.1 Å². The average molecular weight is 384 g/mol. The van der Waals surface area contributed by atoms with Crippen molar-refractivity contribution in [1.82, 2.24) is 10.2 Å². The van der Waals surface area contributed by atoms with Crippen molar-refractivity contribution in [3.05, 3.63) is 35.4 Å². The highest BCUT2D eigenvalue weighted by Gasteiger charge is 2.38. The molecule has 1 atom stereocenters. The van der Waals surface area contributed by atoms with Gasteiger partial charge in [0.2, 0.25) is 0 Å². The first-order valence-electron chi connectivity index (χ1n) is 9.65. The molecule has 0 spiro atoms. The van der Waals surface area contributed by atoms with Crippen molar-refractivity contribution in [2.75, 3.05) is 26.2 Å². The lowest BCUT2D eigenvalue weighted by Gasteiger charge is -2.35. The summed E-state index contributed by atoms with van der Waals surface area (Å²) in [6.45, 7) is 1.59. The maximum absolute atomic E-state index is 13.1. The van der Waals surface area contributed by atoms with Gasteiger partial charge in [0.1, 0.15) is 0 Å². The topological polar surface area (TPSA) is 52.6 Å². The van der Waals surface area contributed by atoms with E-state index in [1.165, 1.54) is 12.1 Å². The van der Waals surface area contributed by atoms with Crippen molar-refractivity contribution in [2.24, 2.45) is 5.92 Å².